The lowest BCUT2D eigenvalue weighted by atomic mass is 10.4. The van der Waals surface area contributed by atoms with Gasteiger partial charge in [-0.15, -0.1) is 0 Å². The summed E-state index contributed by atoms with van der Waals surface area (Å²) in [7, 11) is 0. The first-order valence-corrected chi connectivity index (χ1v) is 4.83. The zero-order valence-corrected chi connectivity index (χ0v) is 8.12. The van der Waals surface area contributed by atoms with E-state index < -0.39 is 0 Å². The molecule has 0 bridgehead atoms. The zero-order valence-electron chi connectivity index (χ0n) is 7.30. The number of nitrogens with zero attached hydrogens (tertiary/aromatic N) is 2. The van der Waals surface area contributed by atoms with Gasteiger partial charge in [-0.3, -0.25) is 14.8 Å². The predicted octanol–water partition coefficient (Wildman–Crippen LogP) is 1.77. The van der Waals surface area contributed by atoms with E-state index in [0.29, 0.717) is 5.75 Å². The van der Waals surface area contributed by atoms with Crippen molar-refractivity contribution in [1.29, 1.82) is 0 Å². The van der Waals surface area contributed by atoms with Crippen molar-refractivity contribution in [2.45, 2.75) is 6.92 Å². The zero-order chi connectivity index (χ0) is 9.52. The predicted molar refractivity (Wildman–Crippen MR) is 54.2 cm³/mol. The Bertz CT molecular complexity index is 298. The summed E-state index contributed by atoms with van der Waals surface area (Å²) in [5, 5.41) is 0.129. The van der Waals surface area contributed by atoms with Crippen LogP contribution in [0.1, 0.15) is 12.6 Å². The highest BCUT2D eigenvalue weighted by Gasteiger charge is 1.89. The van der Waals surface area contributed by atoms with Crippen LogP contribution in [0, 0.1) is 0 Å². The van der Waals surface area contributed by atoms with Crippen LogP contribution in [0.5, 0.6) is 0 Å². The molecule has 3 nitrogen and oxygen atoms in total. The molecular weight excluding hydrogens is 184 g/mol. The Hall–Kier alpha value is -1.16. The molecule has 0 spiro atoms. The van der Waals surface area contributed by atoms with Crippen LogP contribution in [-0.2, 0) is 4.79 Å². The van der Waals surface area contributed by atoms with Crippen molar-refractivity contribution in [3.8, 4) is 0 Å². The number of carbonyl (C=O) groups excluding carboxylic acids is 1. The topological polar surface area (TPSA) is 42.9 Å². The van der Waals surface area contributed by atoms with Crippen molar-refractivity contribution in [2.24, 2.45) is 0 Å². The minimum Gasteiger partial charge on any atom is -0.288 e. The standard InChI is InChI=1S/C9H10N2OS/c1-8(12)13-6-2-3-9-7-10-4-5-11-9/h2-5,7H,6H2,1H3. The van der Waals surface area contributed by atoms with Crippen LogP contribution in [0.2, 0.25) is 0 Å². The van der Waals surface area contributed by atoms with Crippen LogP contribution in [0.3, 0.4) is 0 Å². The van der Waals surface area contributed by atoms with Crippen molar-refractivity contribution in [1.82, 2.24) is 9.97 Å². The summed E-state index contributed by atoms with van der Waals surface area (Å²) in [6, 6.07) is 0. The van der Waals surface area contributed by atoms with Crippen molar-refractivity contribution in [3.05, 3.63) is 30.4 Å². The first kappa shape index (κ1) is 9.92. The maximum atomic E-state index is 10.6. The molecule has 0 aromatic carbocycles. The monoisotopic (exact) mass is 194 g/mol. The van der Waals surface area contributed by atoms with E-state index in [1.54, 1.807) is 25.5 Å². The van der Waals surface area contributed by atoms with Crippen LogP contribution in [-0.4, -0.2) is 20.8 Å². The average Bonchev–Trinajstić information content (AvgIpc) is 2.14. The Morgan fingerprint density at radius 3 is 3.08 bits per heavy atom. The molecule has 0 radical (unpaired) electrons. The summed E-state index contributed by atoms with van der Waals surface area (Å²) in [5.74, 6) is 0.686. The van der Waals surface area contributed by atoms with E-state index in [9.17, 15) is 4.79 Å². The highest BCUT2D eigenvalue weighted by atomic mass is 32.2. The van der Waals surface area contributed by atoms with Crippen LogP contribution >= 0.6 is 11.8 Å². The molecule has 4 heteroatoms. The third-order valence-electron chi connectivity index (χ3n) is 1.25. The molecule has 13 heavy (non-hydrogen) atoms. The van der Waals surface area contributed by atoms with Crippen molar-refractivity contribution >= 4 is 23.0 Å². The summed E-state index contributed by atoms with van der Waals surface area (Å²) < 4.78 is 0. The molecule has 0 aliphatic heterocycles. The minimum atomic E-state index is 0.129. The molecule has 0 unspecified atom stereocenters. The maximum Gasteiger partial charge on any atom is 0.186 e. The summed E-state index contributed by atoms with van der Waals surface area (Å²) >= 11 is 1.28. The molecule has 0 aliphatic carbocycles. The van der Waals surface area contributed by atoms with Gasteiger partial charge in [0.15, 0.2) is 5.12 Å². The van der Waals surface area contributed by atoms with E-state index in [-0.39, 0.29) is 5.12 Å². The lowest BCUT2D eigenvalue weighted by Gasteiger charge is -1.90. The van der Waals surface area contributed by atoms with E-state index in [0.717, 1.165) is 5.69 Å². The molecule has 0 saturated carbocycles. The van der Waals surface area contributed by atoms with E-state index in [4.69, 9.17) is 0 Å². The first-order chi connectivity index (χ1) is 6.29. The van der Waals surface area contributed by atoms with Gasteiger partial charge in [0.1, 0.15) is 0 Å². The fraction of sp³-hybridized carbons (Fsp3) is 0.222. The van der Waals surface area contributed by atoms with Crippen LogP contribution < -0.4 is 0 Å². The third kappa shape index (κ3) is 4.42. The van der Waals surface area contributed by atoms with Gasteiger partial charge in [-0.2, -0.15) is 0 Å². The molecule has 1 aromatic heterocycles. The van der Waals surface area contributed by atoms with Gasteiger partial charge in [-0.05, 0) is 6.08 Å². The van der Waals surface area contributed by atoms with Crippen molar-refractivity contribution in [3.63, 3.8) is 0 Å². The Labute approximate surface area is 81.3 Å². The molecule has 68 valence electrons. The summed E-state index contributed by atoms with van der Waals surface area (Å²) in [6.45, 7) is 1.56. The van der Waals surface area contributed by atoms with Gasteiger partial charge < -0.3 is 0 Å². The van der Waals surface area contributed by atoms with Gasteiger partial charge in [0.2, 0.25) is 0 Å². The highest BCUT2D eigenvalue weighted by molar-refractivity contribution is 8.13. The number of rotatable bonds is 3. The van der Waals surface area contributed by atoms with Gasteiger partial charge in [0.05, 0.1) is 11.9 Å². The smallest absolute Gasteiger partial charge is 0.186 e. The number of thioether (sulfide) groups is 1. The average molecular weight is 194 g/mol. The number of aromatic nitrogens is 2. The molecule has 0 saturated heterocycles. The molecule has 0 amide bonds. The first-order valence-electron chi connectivity index (χ1n) is 3.85. The number of hydrogen-bond donors (Lipinski definition) is 0. The molecule has 1 rings (SSSR count). The third-order valence-corrected chi connectivity index (χ3v) is 2.02. The Kier molecular flexibility index (Phi) is 4.18. The quantitative estimate of drug-likeness (QED) is 0.735. The molecular formula is C9H10N2OS. The summed E-state index contributed by atoms with van der Waals surface area (Å²) in [4.78, 5) is 18.5. The Balaban J connectivity index is 2.37. The van der Waals surface area contributed by atoms with Gasteiger partial charge in [-0.25, -0.2) is 0 Å². The second-order valence-corrected chi connectivity index (χ2v) is 3.53. The van der Waals surface area contributed by atoms with Gasteiger partial charge >= 0.3 is 0 Å². The second kappa shape index (κ2) is 5.48. The summed E-state index contributed by atoms with van der Waals surface area (Å²) in [5.41, 5.74) is 0.812. The van der Waals surface area contributed by atoms with Crippen molar-refractivity contribution < 1.29 is 4.79 Å². The molecule has 1 aromatic rings. The lowest BCUT2D eigenvalue weighted by molar-refractivity contribution is -0.109. The van der Waals surface area contributed by atoms with Crippen LogP contribution in [0.25, 0.3) is 6.08 Å². The number of carbonyl (C=O) groups is 1. The largest absolute Gasteiger partial charge is 0.288 e. The van der Waals surface area contributed by atoms with Crippen LogP contribution in [0.4, 0.5) is 0 Å². The fourth-order valence-corrected chi connectivity index (χ4v) is 1.16. The maximum absolute atomic E-state index is 10.6. The van der Waals surface area contributed by atoms with Gasteiger partial charge in [-0.1, -0.05) is 17.8 Å². The molecule has 0 N–H and O–H groups in total. The lowest BCUT2D eigenvalue weighted by Crippen LogP contribution is -1.83. The normalized spacial score (nSPS) is 10.5. The van der Waals surface area contributed by atoms with E-state index in [1.807, 2.05) is 12.2 Å². The van der Waals surface area contributed by atoms with E-state index in [2.05, 4.69) is 9.97 Å². The Morgan fingerprint density at radius 1 is 1.62 bits per heavy atom. The number of hydrogen-bond acceptors (Lipinski definition) is 4. The minimum absolute atomic E-state index is 0.129. The summed E-state index contributed by atoms with van der Waals surface area (Å²) in [6.07, 6.45) is 8.69. The molecule has 0 atom stereocenters. The second-order valence-electron chi connectivity index (χ2n) is 2.34. The van der Waals surface area contributed by atoms with Crippen molar-refractivity contribution in [2.75, 3.05) is 5.75 Å². The SMILES string of the molecule is CC(=O)SCC=Cc1cnccn1. The molecule has 0 aliphatic rings. The molecule has 1 heterocycles. The molecule has 0 fully saturated rings. The van der Waals surface area contributed by atoms with Gasteiger partial charge in [0, 0.05) is 25.1 Å². The highest BCUT2D eigenvalue weighted by Crippen LogP contribution is 2.02. The fourth-order valence-electron chi connectivity index (χ4n) is 0.731. The van der Waals surface area contributed by atoms with Crippen LogP contribution in [0.15, 0.2) is 24.7 Å². The Morgan fingerprint density at radius 2 is 2.46 bits per heavy atom. The van der Waals surface area contributed by atoms with E-state index >= 15 is 0 Å². The van der Waals surface area contributed by atoms with Gasteiger partial charge in [0.25, 0.3) is 0 Å². The van der Waals surface area contributed by atoms with E-state index in [1.165, 1.54) is 11.8 Å².